The molecule has 0 saturated carbocycles. The summed E-state index contributed by atoms with van der Waals surface area (Å²) in [6.07, 6.45) is 1.63. The highest BCUT2D eigenvalue weighted by atomic mass is 19.3. The lowest BCUT2D eigenvalue weighted by Gasteiger charge is -2.25. The molecule has 4 aromatic rings. The number of benzene rings is 1. The number of nitrogens with one attached hydrogen (secondary N) is 1. The number of aromatic nitrogens is 6. The zero-order valence-electron chi connectivity index (χ0n) is 17.0. The second kappa shape index (κ2) is 7.55. The largest absolute Gasteiger partial charge is 0.493 e. The summed E-state index contributed by atoms with van der Waals surface area (Å²) in [6.45, 7) is -1.14. The number of anilines is 1. The van der Waals surface area contributed by atoms with Crippen molar-refractivity contribution in [3.63, 3.8) is 0 Å². The van der Waals surface area contributed by atoms with Gasteiger partial charge in [-0.3, -0.25) is 4.79 Å². The molecular weight excluding hydrogens is 424 g/mol. The van der Waals surface area contributed by atoms with Crippen molar-refractivity contribution in [3.05, 3.63) is 53.5 Å². The molecule has 32 heavy (non-hydrogen) atoms. The number of nitrogens with zero attached hydrogens (tertiary/aromatic N) is 6. The molecule has 1 atom stereocenters. The summed E-state index contributed by atoms with van der Waals surface area (Å²) in [5.41, 5.74) is 2.79. The average molecular weight is 441 g/mol. The van der Waals surface area contributed by atoms with E-state index in [4.69, 9.17) is 4.74 Å². The number of carbonyl (C=O) groups excluding carboxylic acids is 1. The van der Waals surface area contributed by atoms with Crippen molar-refractivity contribution in [1.82, 2.24) is 29.6 Å². The van der Waals surface area contributed by atoms with Crippen LogP contribution >= 0.6 is 0 Å². The number of amides is 1. The standard InChI is InChI=1S/C20H17F2N7O3/c1-10-18-12(11-3-4-13(32-20(21)22)14(7-11)31-2)8-17(30)24-19(18)29(26-10)16-6-5-15-25-23-9-28(15)27-16/h3-7,9,12,20H,8H2,1-2H3,(H,24,30)/t12-/m0/s1. The Hall–Kier alpha value is -4.09. The van der Waals surface area contributed by atoms with E-state index in [0.29, 0.717) is 28.5 Å². The molecule has 0 unspecified atom stereocenters. The molecule has 1 aliphatic heterocycles. The summed E-state index contributed by atoms with van der Waals surface area (Å²) in [5, 5.41) is 19.7. The van der Waals surface area contributed by atoms with Crippen molar-refractivity contribution in [3.8, 4) is 17.3 Å². The number of hydrogen-bond acceptors (Lipinski definition) is 7. The van der Waals surface area contributed by atoms with Gasteiger partial charge in [0.2, 0.25) is 5.91 Å². The lowest BCUT2D eigenvalue weighted by atomic mass is 9.85. The van der Waals surface area contributed by atoms with E-state index in [-0.39, 0.29) is 29.7 Å². The number of alkyl halides is 2. The average Bonchev–Trinajstić information content (AvgIpc) is 3.37. The van der Waals surface area contributed by atoms with Gasteiger partial charge < -0.3 is 14.8 Å². The van der Waals surface area contributed by atoms with Gasteiger partial charge in [0.05, 0.1) is 12.8 Å². The smallest absolute Gasteiger partial charge is 0.387 e. The maximum atomic E-state index is 12.7. The zero-order chi connectivity index (χ0) is 22.4. The molecule has 0 saturated heterocycles. The first-order chi connectivity index (χ1) is 15.4. The van der Waals surface area contributed by atoms with Crippen LogP contribution in [0.15, 0.2) is 36.7 Å². The van der Waals surface area contributed by atoms with E-state index in [2.05, 4.69) is 30.4 Å². The summed E-state index contributed by atoms with van der Waals surface area (Å²) in [4.78, 5) is 12.6. The first kappa shape index (κ1) is 19.8. The molecule has 12 heteroatoms. The van der Waals surface area contributed by atoms with Crippen LogP contribution in [0.25, 0.3) is 11.5 Å². The van der Waals surface area contributed by atoms with Gasteiger partial charge in [0.15, 0.2) is 23.0 Å². The van der Waals surface area contributed by atoms with Crippen LogP contribution < -0.4 is 14.8 Å². The van der Waals surface area contributed by atoms with E-state index in [9.17, 15) is 13.6 Å². The van der Waals surface area contributed by atoms with Gasteiger partial charge in [-0.2, -0.15) is 23.1 Å². The second-order valence-corrected chi connectivity index (χ2v) is 7.18. The van der Waals surface area contributed by atoms with Crippen molar-refractivity contribution in [2.75, 3.05) is 12.4 Å². The topological polar surface area (TPSA) is 108 Å². The molecule has 5 rings (SSSR count). The molecule has 0 bridgehead atoms. The van der Waals surface area contributed by atoms with Crippen LogP contribution in [0, 0.1) is 6.92 Å². The minimum absolute atomic E-state index is 0.0782. The molecule has 0 spiro atoms. The third-order valence-electron chi connectivity index (χ3n) is 5.27. The monoisotopic (exact) mass is 441 g/mol. The van der Waals surface area contributed by atoms with Crippen molar-refractivity contribution >= 4 is 17.4 Å². The Labute approximate surface area is 179 Å². The predicted molar refractivity (Wildman–Crippen MR) is 107 cm³/mol. The minimum Gasteiger partial charge on any atom is -0.493 e. The molecule has 3 aromatic heterocycles. The van der Waals surface area contributed by atoms with Gasteiger partial charge in [0.25, 0.3) is 0 Å². The van der Waals surface area contributed by atoms with Crippen LogP contribution in [0.4, 0.5) is 14.6 Å². The number of halogens is 2. The highest BCUT2D eigenvalue weighted by Crippen LogP contribution is 2.42. The van der Waals surface area contributed by atoms with Crippen molar-refractivity contribution < 1.29 is 23.0 Å². The van der Waals surface area contributed by atoms with Gasteiger partial charge in [-0.15, -0.1) is 15.3 Å². The molecule has 1 aliphatic rings. The van der Waals surface area contributed by atoms with Crippen LogP contribution in [0.1, 0.15) is 29.2 Å². The molecule has 164 valence electrons. The third-order valence-corrected chi connectivity index (χ3v) is 5.27. The highest BCUT2D eigenvalue weighted by molar-refractivity contribution is 5.95. The van der Waals surface area contributed by atoms with Gasteiger partial charge in [0.1, 0.15) is 12.1 Å². The fourth-order valence-corrected chi connectivity index (χ4v) is 3.92. The van der Waals surface area contributed by atoms with E-state index in [1.54, 1.807) is 28.9 Å². The summed E-state index contributed by atoms with van der Waals surface area (Å²) in [7, 11) is 1.37. The first-order valence-electron chi connectivity index (χ1n) is 9.64. The lowest BCUT2D eigenvalue weighted by Crippen LogP contribution is -2.25. The number of carbonyl (C=O) groups is 1. The molecular formula is C20H17F2N7O3. The van der Waals surface area contributed by atoms with Gasteiger partial charge in [-0.1, -0.05) is 6.07 Å². The lowest BCUT2D eigenvalue weighted by molar-refractivity contribution is -0.116. The number of aryl methyl sites for hydroxylation is 1. The quantitative estimate of drug-likeness (QED) is 0.507. The number of ether oxygens (including phenoxy) is 2. The highest BCUT2D eigenvalue weighted by Gasteiger charge is 2.33. The summed E-state index contributed by atoms with van der Waals surface area (Å²) < 4.78 is 38.2. The number of rotatable bonds is 5. The Kier molecular flexibility index (Phi) is 4.68. The Bertz CT molecular complexity index is 1330. The Morgan fingerprint density at radius 3 is 2.81 bits per heavy atom. The van der Waals surface area contributed by atoms with Gasteiger partial charge in [-0.25, -0.2) is 0 Å². The maximum Gasteiger partial charge on any atom is 0.387 e. The van der Waals surface area contributed by atoms with E-state index < -0.39 is 6.61 Å². The maximum absolute atomic E-state index is 12.7. The van der Waals surface area contributed by atoms with Crippen LogP contribution in [0.3, 0.4) is 0 Å². The zero-order valence-corrected chi connectivity index (χ0v) is 17.0. The van der Waals surface area contributed by atoms with Crippen LogP contribution in [0.2, 0.25) is 0 Å². The Morgan fingerprint density at radius 2 is 2.03 bits per heavy atom. The van der Waals surface area contributed by atoms with Gasteiger partial charge in [-0.05, 0) is 36.8 Å². The van der Waals surface area contributed by atoms with Crippen LogP contribution in [-0.2, 0) is 4.79 Å². The summed E-state index contributed by atoms with van der Waals surface area (Å²) in [5.74, 6) is 0.476. The molecule has 1 N–H and O–H groups in total. The fourth-order valence-electron chi connectivity index (χ4n) is 3.92. The van der Waals surface area contributed by atoms with E-state index in [1.807, 2.05) is 6.92 Å². The third kappa shape index (κ3) is 3.29. The Morgan fingerprint density at radius 1 is 1.19 bits per heavy atom. The number of hydrogen-bond donors (Lipinski definition) is 1. The summed E-state index contributed by atoms with van der Waals surface area (Å²) >= 11 is 0. The second-order valence-electron chi connectivity index (χ2n) is 7.18. The Balaban J connectivity index is 1.60. The summed E-state index contributed by atoms with van der Waals surface area (Å²) in [6, 6.07) is 8.13. The number of fused-ring (bicyclic) bond motifs is 2. The van der Waals surface area contributed by atoms with Crippen LogP contribution in [0.5, 0.6) is 11.5 Å². The molecule has 4 heterocycles. The minimum atomic E-state index is -2.97. The van der Waals surface area contributed by atoms with E-state index in [1.165, 1.54) is 24.0 Å². The first-order valence-corrected chi connectivity index (χ1v) is 9.64. The van der Waals surface area contributed by atoms with Crippen molar-refractivity contribution in [2.24, 2.45) is 0 Å². The fraction of sp³-hybridized carbons (Fsp3) is 0.250. The molecule has 1 aromatic carbocycles. The molecule has 0 radical (unpaired) electrons. The van der Waals surface area contributed by atoms with Crippen LogP contribution in [-0.4, -0.2) is 49.2 Å². The molecule has 0 fully saturated rings. The molecule has 1 amide bonds. The van der Waals surface area contributed by atoms with Crippen molar-refractivity contribution in [2.45, 2.75) is 25.9 Å². The van der Waals surface area contributed by atoms with Crippen molar-refractivity contribution in [1.29, 1.82) is 0 Å². The SMILES string of the molecule is COc1cc([C@@H]2CC(=O)Nc3c2c(C)nn3-c2ccc3nncn3n2)ccc1OC(F)F. The van der Waals surface area contributed by atoms with E-state index in [0.717, 1.165) is 5.56 Å². The molecule has 0 aliphatic carbocycles. The predicted octanol–water partition coefficient (Wildman–Crippen LogP) is 2.70. The van der Waals surface area contributed by atoms with Gasteiger partial charge >= 0.3 is 6.61 Å². The number of methoxy groups -OCH3 is 1. The van der Waals surface area contributed by atoms with Gasteiger partial charge in [0, 0.05) is 17.9 Å². The van der Waals surface area contributed by atoms with E-state index >= 15 is 0 Å². The molecule has 10 nitrogen and oxygen atoms in total. The normalized spacial score (nSPS) is 15.7.